The number of rotatable bonds is 5. The Morgan fingerprint density at radius 2 is 2.05 bits per heavy atom. The van der Waals surface area contributed by atoms with Crippen molar-refractivity contribution in [2.24, 2.45) is 0 Å². The van der Waals surface area contributed by atoms with Gasteiger partial charge in [-0.2, -0.15) is 0 Å². The maximum Gasteiger partial charge on any atom is 0.136 e. The molecule has 1 N–H and O–H groups in total. The van der Waals surface area contributed by atoms with Gasteiger partial charge in [-0.15, -0.1) is 0 Å². The predicted octanol–water partition coefficient (Wildman–Crippen LogP) is 2.84. The van der Waals surface area contributed by atoms with Crippen molar-refractivity contribution in [3.8, 4) is 5.75 Å². The van der Waals surface area contributed by atoms with E-state index in [0.717, 1.165) is 28.9 Å². The van der Waals surface area contributed by atoms with E-state index in [0.29, 0.717) is 6.54 Å². The maximum absolute atomic E-state index is 10.0. The lowest BCUT2D eigenvalue weighted by molar-refractivity contribution is 0.0875. The normalized spacial score (nSPS) is 11.7. The SMILES string of the molecule is CCN(CC(C)(C)O)c1nccc2cc(OC)ccc12. The van der Waals surface area contributed by atoms with Gasteiger partial charge in [-0.05, 0) is 50.4 Å². The number of hydrogen-bond donors (Lipinski definition) is 1. The average molecular weight is 274 g/mol. The van der Waals surface area contributed by atoms with Crippen LogP contribution >= 0.6 is 0 Å². The fourth-order valence-corrected chi connectivity index (χ4v) is 2.32. The summed E-state index contributed by atoms with van der Waals surface area (Å²) in [6.07, 6.45) is 1.80. The van der Waals surface area contributed by atoms with Crippen LogP contribution in [0.4, 0.5) is 5.82 Å². The minimum atomic E-state index is -0.758. The van der Waals surface area contributed by atoms with Gasteiger partial charge >= 0.3 is 0 Å². The van der Waals surface area contributed by atoms with Crippen LogP contribution in [0.2, 0.25) is 0 Å². The van der Waals surface area contributed by atoms with Crippen molar-refractivity contribution in [2.75, 3.05) is 25.1 Å². The van der Waals surface area contributed by atoms with E-state index in [9.17, 15) is 5.11 Å². The molecule has 2 aromatic rings. The van der Waals surface area contributed by atoms with Gasteiger partial charge in [-0.1, -0.05) is 0 Å². The van der Waals surface area contributed by atoms with E-state index in [2.05, 4.69) is 16.8 Å². The highest BCUT2D eigenvalue weighted by atomic mass is 16.5. The minimum absolute atomic E-state index is 0.543. The van der Waals surface area contributed by atoms with Crippen LogP contribution in [0.3, 0.4) is 0 Å². The second-order valence-corrected chi connectivity index (χ2v) is 5.55. The van der Waals surface area contributed by atoms with E-state index in [1.54, 1.807) is 13.3 Å². The Hall–Kier alpha value is -1.81. The summed E-state index contributed by atoms with van der Waals surface area (Å²) in [6, 6.07) is 7.92. The molecular formula is C16H22N2O2. The molecule has 1 heterocycles. The molecule has 1 aromatic carbocycles. The predicted molar refractivity (Wildman–Crippen MR) is 82.5 cm³/mol. The molecular weight excluding hydrogens is 252 g/mol. The Labute approximate surface area is 120 Å². The summed E-state index contributed by atoms with van der Waals surface area (Å²) < 4.78 is 5.26. The Morgan fingerprint density at radius 3 is 2.65 bits per heavy atom. The zero-order valence-electron chi connectivity index (χ0n) is 12.6. The highest BCUT2D eigenvalue weighted by Crippen LogP contribution is 2.28. The molecule has 4 nitrogen and oxygen atoms in total. The van der Waals surface area contributed by atoms with Crippen molar-refractivity contribution >= 4 is 16.6 Å². The lowest BCUT2D eigenvalue weighted by Gasteiger charge is -2.29. The van der Waals surface area contributed by atoms with Crippen molar-refractivity contribution < 1.29 is 9.84 Å². The van der Waals surface area contributed by atoms with Gasteiger partial charge in [-0.3, -0.25) is 0 Å². The summed E-state index contributed by atoms with van der Waals surface area (Å²) in [6.45, 7) is 7.02. The third-order valence-electron chi connectivity index (χ3n) is 3.21. The molecule has 0 saturated heterocycles. The molecule has 0 aliphatic carbocycles. The Balaban J connectivity index is 2.47. The van der Waals surface area contributed by atoms with Crippen LogP contribution in [0.15, 0.2) is 30.5 Å². The van der Waals surface area contributed by atoms with E-state index in [1.165, 1.54) is 0 Å². The Bertz CT molecular complexity index is 591. The molecule has 0 aliphatic heterocycles. The van der Waals surface area contributed by atoms with Crippen molar-refractivity contribution in [1.82, 2.24) is 4.98 Å². The molecule has 0 fully saturated rings. The van der Waals surface area contributed by atoms with Crippen LogP contribution in [-0.4, -0.2) is 35.9 Å². The van der Waals surface area contributed by atoms with E-state index >= 15 is 0 Å². The summed E-state index contributed by atoms with van der Waals surface area (Å²) >= 11 is 0. The lowest BCUT2D eigenvalue weighted by atomic mass is 10.1. The molecule has 20 heavy (non-hydrogen) atoms. The van der Waals surface area contributed by atoms with E-state index in [1.807, 2.05) is 38.1 Å². The monoisotopic (exact) mass is 274 g/mol. The van der Waals surface area contributed by atoms with Crippen molar-refractivity contribution in [3.63, 3.8) is 0 Å². The smallest absolute Gasteiger partial charge is 0.136 e. The van der Waals surface area contributed by atoms with Gasteiger partial charge in [0.25, 0.3) is 0 Å². The first kappa shape index (κ1) is 14.6. The number of anilines is 1. The fraction of sp³-hybridized carbons (Fsp3) is 0.438. The van der Waals surface area contributed by atoms with E-state index in [4.69, 9.17) is 4.74 Å². The number of benzene rings is 1. The molecule has 0 unspecified atom stereocenters. The fourth-order valence-electron chi connectivity index (χ4n) is 2.32. The van der Waals surface area contributed by atoms with Crippen LogP contribution in [0.5, 0.6) is 5.75 Å². The molecule has 4 heteroatoms. The van der Waals surface area contributed by atoms with Crippen LogP contribution in [-0.2, 0) is 0 Å². The van der Waals surface area contributed by atoms with E-state index < -0.39 is 5.60 Å². The van der Waals surface area contributed by atoms with Crippen LogP contribution < -0.4 is 9.64 Å². The Morgan fingerprint density at radius 1 is 1.30 bits per heavy atom. The molecule has 0 atom stereocenters. The quantitative estimate of drug-likeness (QED) is 0.910. The van der Waals surface area contributed by atoms with Crippen LogP contribution in [0, 0.1) is 0 Å². The molecule has 0 spiro atoms. The number of pyridine rings is 1. The number of fused-ring (bicyclic) bond motifs is 1. The topological polar surface area (TPSA) is 45.6 Å². The van der Waals surface area contributed by atoms with E-state index in [-0.39, 0.29) is 0 Å². The van der Waals surface area contributed by atoms with Gasteiger partial charge in [0.2, 0.25) is 0 Å². The molecule has 0 aliphatic rings. The van der Waals surface area contributed by atoms with Gasteiger partial charge in [0.1, 0.15) is 11.6 Å². The number of ether oxygens (including phenoxy) is 1. The van der Waals surface area contributed by atoms with Crippen LogP contribution in [0.1, 0.15) is 20.8 Å². The number of aromatic nitrogens is 1. The number of hydrogen-bond acceptors (Lipinski definition) is 4. The van der Waals surface area contributed by atoms with Gasteiger partial charge in [0.05, 0.1) is 12.7 Å². The average Bonchev–Trinajstić information content (AvgIpc) is 2.42. The molecule has 0 bridgehead atoms. The van der Waals surface area contributed by atoms with Crippen molar-refractivity contribution in [2.45, 2.75) is 26.4 Å². The van der Waals surface area contributed by atoms with Gasteiger partial charge in [0.15, 0.2) is 0 Å². The summed E-state index contributed by atoms with van der Waals surface area (Å²) in [4.78, 5) is 6.58. The Kier molecular flexibility index (Phi) is 4.14. The summed E-state index contributed by atoms with van der Waals surface area (Å²) in [5.41, 5.74) is -0.758. The third kappa shape index (κ3) is 3.20. The van der Waals surface area contributed by atoms with Gasteiger partial charge < -0.3 is 14.7 Å². The molecule has 108 valence electrons. The van der Waals surface area contributed by atoms with Gasteiger partial charge in [-0.25, -0.2) is 4.98 Å². The largest absolute Gasteiger partial charge is 0.497 e. The summed E-state index contributed by atoms with van der Waals surface area (Å²) in [5.74, 6) is 1.73. The standard InChI is InChI=1S/C16H22N2O2/c1-5-18(11-16(2,3)19)15-14-7-6-13(20-4)10-12(14)8-9-17-15/h6-10,19H,5,11H2,1-4H3. The van der Waals surface area contributed by atoms with Crippen molar-refractivity contribution in [1.29, 1.82) is 0 Å². The molecule has 0 amide bonds. The van der Waals surface area contributed by atoms with Crippen LogP contribution in [0.25, 0.3) is 10.8 Å². The molecule has 2 rings (SSSR count). The highest BCUT2D eigenvalue weighted by molar-refractivity contribution is 5.93. The second-order valence-electron chi connectivity index (χ2n) is 5.55. The number of likely N-dealkylation sites (N-methyl/N-ethyl adjacent to an activating group) is 1. The lowest BCUT2D eigenvalue weighted by Crippen LogP contribution is -2.39. The van der Waals surface area contributed by atoms with Gasteiger partial charge in [0, 0.05) is 24.7 Å². The maximum atomic E-state index is 10.0. The second kappa shape index (κ2) is 5.67. The zero-order chi connectivity index (χ0) is 14.8. The number of nitrogens with zero attached hydrogens (tertiary/aromatic N) is 2. The minimum Gasteiger partial charge on any atom is -0.497 e. The molecule has 1 aromatic heterocycles. The molecule has 0 radical (unpaired) electrons. The zero-order valence-corrected chi connectivity index (χ0v) is 12.6. The summed E-state index contributed by atoms with van der Waals surface area (Å²) in [7, 11) is 1.66. The van der Waals surface area contributed by atoms with Crippen molar-refractivity contribution in [3.05, 3.63) is 30.5 Å². The summed E-state index contributed by atoms with van der Waals surface area (Å²) in [5, 5.41) is 12.2. The highest BCUT2D eigenvalue weighted by Gasteiger charge is 2.19. The third-order valence-corrected chi connectivity index (χ3v) is 3.21. The molecule has 0 saturated carbocycles. The number of aliphatic hydroxyl groups is 1. The first-order chi connectivity index (χ1) is 9.44. The first-order valence-electron chi connectivity index (χ1n) is 6.84. The number of methoxy groups -OCH3 is 1. The first-order valence-corrected chi connectivity index (χ1v) is 6.84.